The third-order valence-corrected chi connectivity index (χ3v) is 5.79. The van der Waals surface area contributed by atoms with Crippen LogP contribution in [0.2, 0.25) is 0 Å². The normalized spacial score (nSPS) is 15.4. The lowest BCUT2D eigenvalue weighted by Gasteiger charge is -2.26. The van der Waals surface area contributed by atoms with E-state index in [1.165, 1.54) is 6.20 Å². The highest BCUT2D eigenvalue weighted by Gasteiger charge is 2.14. The van der Waals surface area contributed by atoms with Crippen molar-refractivity contribution in [3.63, 3.8) is 0 Å². The van der Waals surface area contributed by atoms with Crippen molar-refractivity contribution in [1.29, 1.82) is 0 Å². The van der Waals surface area contributed by atoms with E-state index in [0.29, 0.717) is 18.2 Å². The number of ether oxygens (including phenoxy) is 2. The zero-order valence-corrected chi connectivity index (χ0v) is 16.2. The van der Waals surface area contributed by atoms with Crippen molar-refractivity contribution in [1.82, 2.24) is 9.88 Å². The number of aryl methyl sites for hydroxylation is 1. The molecular weight excluding hydrogens is 366 g/mol. The van der Waals surface area contributed by atoms with Crippen LogP contribution in [0.15, 0.2) is 47.5 Å². The molecular formula is C19H25N3O4S. The van der Waals surface area contributed by atoms with Gasteiger partial charge in [0.2, 0.25) is 5.88 Å². The van der Waals surface area contributed by atoms with Gasteiger partial charge in [0.25, 0.3) is 10.0 Å². The van der Waals surface area contributed by atoms with E-state index in [-0.39, 0.29) is 4.90 Å². The fourth-order valence-electron chi connectivity index (χ4n) is 2.75. The summed E-state index contributed by atoms with van der Waals surface area (Å²) in [6.07, 6.45) is 2.33. The van der Waals surface area contributed by atoms with Crippen molar-refractivity contribution < 1.29 is 17.9 Å². The second kappa shape index (κ2) is 9.16. The summed E-state index contributed by atoms with van der Waals surface area (Å²) in [6, 6.07) is 10.2. The number of hydrogen-bond donors (Lipinski definition) is 1. The van der Waals surface area contributed by atoms with Gasteiger partial charge in [-0.1, -0.05) is 19.1 Å². The van der Waals surface area contributed by atoms with E-state index >= 15 is 0 Å². The van der Waals surface area contributed by atoms with Crippen LogP contribution in [0.4, 0.5) is 5.69 Å². The van der Waals surface area contributed by atoms with Crippen LogP contribution in [0, 0.1) is 0 Å². The quantitative estimate of drug-likeness (QED) is 0.743. The molecule has 0 unspecified atom stereocenters. The SMILES string of the molecule is CCc1ccc(S(=O)(=O)Nc2ccc(OCCN3CCOCC3)nc2)cc1. The van der Waals surface area contributed by atoms with E-state index < -0.39 is 10.0 Å². The molecule has 2 heterocycles. The fourth-order valence-corrected chi connectivity index (χ4v) is 3.79. The van der Waals surface area contributed by atoms with E-state index in [4.69, 9.17) is 9.47 Å². The molecule has 1 aliphatic rings. The summed E-state index contributed by atoms with van der Waals surface area (Å²) in [4.78, 5) is 6.68. The molecule has 0 radical (unpaired) electrons. The van der Waals surface area contributed by atoms with Gasteiger partial charge in [0, 0.05) is 25.7 Å². The van der Waals surface area contributed by atoms with E-state index in [2.05, 4.69) is 14.6 Å². The van der Waals surface area contributed by atoms with Crippen LogP contribution < -0.4 is 9.46 Å². The summed E-state index contributed by atoms with van der Waals surface area (Å²) in [7, 11) is -3.63. The molecule has 0 atom stereocenters. The molecule has 0 aliphatic carbocycles. The molecule has 7 nitrogen and oxygen atoms in total. The number of rotatable bonds is 8. The molecule has 1 N–H and O–H groups in total. The molecule has 1 fully saturated rings. The molecule has 3 rings (SSSR count). The summed E-state index contributed by atoms with van der Waals surface area (Å²) < 4.78 is 38.4. The molecule has 8 heteroatoms. The molecule has 1 aromatic heterocycles. The lowest BCUT2D eigenvalue weighted by atomic mass is 10.2. The highest BCUT2D eigenvalue weighted by atomic mass is 32.2. The summed E-state index contributed by atoms with van der Waals surface area (Å²) >= 11 is 0. The first-order valence-corrected chi connectivity index (χ1v) is 10.6. The van der Waals surface area contributed by atoms with Gasteiger partial charge in [0.1, 0.15) is 6.61 Å². The maximum Gasteiger partial charge on any atom is 0.261 e. The lowest BCUT2D eigenvalue weighted by Crippen LogP contribution is -2.38. The third-order valence-electron chi connectivity index (χ3n) is 4.39. The maximum absolute atomic E-state index is 12.4. The van der Waals surface area contributed by atoms with Crippen LogP contribution in [0.5, 0.6) is 5.88 Å². The average molecular weight is 391 g/mol. The minimum absolute atomic E-state index is 0.227. The first-order chi connectivity index (χ1) is 13.1. The summed E-state index contributed by atoms with van der Waals surface area (Å²) in [6.45, 7) is 6.71. The Kier molecular flexibility index (Phi) is 6.65. The van der Waals surface area contributed by atoms with Crippen LogP contribution in [0.3, 0.4) is 0 Å². The Morgan fingerprint density at radius 3 is 2.52 bits per heavy atom. The molecule has 0 saturated carbocycles. The summed E-state index contributed by atoms with van der Waals surface area (Å²) in [5.41, 5.74) is 1.49. The Hall–Kier alpha value is -2.16. The third kappa shape index (κ3) is 5.66. The van der Waals surface area contributed by atoms with E-state index in [1.807, 2.05) is 19.1 Å². The number of morpholine rings is 1. The number of benzene rings is 1. The number of nitrogens with zero attached hydrogens (tertiary/aromatic N) is 2. The van der Waals surface area contributed by atoms with Crippen molar-refractivity contribution in [2.24, 2.45) is 0 Å². The number of aromatic nitrogens is 1. The van der Waals surface area contributed by atoms with Crippen LogP contribution in [-0.2, 0) is 21.2 Å². The van der Waals surface area contributed by atoms with Gasteiger partial charge in [-0.05, 0) is 30.2 Å². The highest BCUT2D eigenvalue weighted by molar-refractivity contribution is 7.92. The van der Waals surface area contributed by atoms with Gasteiger partial charge in [-0.3, -0.25) is 9.62 Å². The van der Waals surface area contributed by atoms with Crippen LogP contribution in [0.25, 0.3) is 0 Å². The van der Waals surface area contributed by atoms with Crippen LogP contribution in [-0.4, -0.2) is 57.8 Å². The smallest absolute Gasteiger partial charge is 0.261 e. The number of hydrogen-bond acceptors (Lipinski definition) is 6. The standard InChI is InChI=1S/C19H25N3O4S/c1-2-16-3-6-18(7-4-16)27(23,24)21-17-5-8-19(20-15-17)26-14-11-22-9-12-25-13-10-22/h3-8,15,21H,2,9-14H2,1H3. The van der Waals surface area contributed by atoms with Crippen LogP contribution in [0.1, 0.15) is 12.5 Å². The second-order valence-corrected chi connectivity index (χ2v) is 7.97. The Labute approximate surface area is 160 Å². The van der Waals surface area contributed by atoms with Crippen molar-refractivity contribution in [2.45, 2.75) is 18.2 Å². The Bertz CT molecular complexity index is 817. The van der Waals surface area contributed by atoms with Gasteiger partial charge in [-0.15, -0.1) is 0 Å². The Balaban J connectivity index is 1.53. The minimum atomic E-state index is -3.63. The van der Waals surface area contributed by atoms with Crippen LogP contribution >= 0.6 is 0 Å². The number of nitrogens with one attached hydrogen (secondary N) is 1. The molecule has 0 bridgehead atoms. The van der Waals surface area contributed by atoms with Gasteiger partial charge >= 0.3 is 0 Å². The highest BCUT2D eigenvalue weighted by Crippen LogP contribution is 2.18. The van der Waals surface area contributed by atoms with Crippen molar-refractivity contribution in [2.75, 3.05) is 44.2 Å². The van der Waals surface area contributed by atoms with Crippen molar-refractivity contribution >= 4 is 15.7 Å². The molecule has 0 amide bonds. The molecule has 1 aromatic carbocycles. The molecule has 1 aliphatic heterocycles. The zero-order valence-electron chi connectivity index (χ0n) is 15.4. The zero-order chi connectivity index (χ0) is 19.1. The van der Waals surface area contributed by atoms with Crippen molar-refractivity contribution in [3.05, 3.63) is 48.2 Å². The first kappa shape index (κ1) is 19.6. The fraction of sp³-hybridized carbons (Fsp3) is 0.421. The monoisotopic (exact) mass is 391 g/mol. The molecule has 146 valence electrons. The van der Waals surface area contributed by atoms with Gasteiger partial charge in [0.05, 0.1) is 30.0 Å². The number of pyridine rings is 1. The van der Waals surface area contributed by atoms with Gasteiger partial charge in [-0.2, -0.15) is 0 Å². The van der Waals surface area contributed by atoms with E-state index in [0.717, 1.165) is 44.8 Å². The molecule has 2 aromatic rings. The topological polar surface area (TPSA) is 80.8 Å². The Morgan fingerprint density at radius 1 is 1.15 bits per heavy atom. The van der Waals surface area contributed by atoms with E-state index in [1.54, 1.807) is 24.3 Å². The molecule has 27 heavy (non-hydrogen) atoms. The minimum Gasteiger partial charge on any atom is -0.476 e. The van der Waals surface area contributed by atoms with E-state index in [9.17, 15) is 8.42 Å². The van der Waals surface area contributed by atoms with Gasteiger partial charge in [0.15, 0.2) is 0 Å². The first-order valence-electron chi connectivity index (χ1n) is 9.07. The van der Waals surface area contributed by atoms with Crippen molar-refractivity contribution in [3.8, 4) is 5.88 Å². The Morgan fingerprint density at radius 2 is 1.89 bits per heavy atom. The lowest BCUT2D eigenvalue weighted by molar-refractivity contribution is 0.0320. The number of sulfonamides is 1. The predicted molar refractivity (Wildman–Crippen MR) is 104 cm³/mol. The second-order valence-electron chi connectivity index (χ2n) is 6.29. The molecule has 1 saturated heterocycles. The average Bonchev–Trinajstić information content (AvgIpc) is 2.70. The largest absolute Gasteiger partial charge is 0.476 e. The molecule has 0 spiro atoms. The van der Waals surface area contributed by atoms with Gasteiger partial charge in [-0.25, -0.2) is 13.4 Å². The maximum atomic E-state index is 12.4. The van der Waals surface area contributed by atoms with Gasteiger partial charge < -0.3 is 9.47 Å². The summed E-state index contributed by atoms with van der Waals surface area (Å²) in [5.74, 6) is 0.471. The predicted octanol–water partition coefficient (Wildman–Crippen LogP) is 2.16. The number of anilines is 1. The summed E-state index contributed by atoms with van der Waals surface area (Å²) in [5, 5.41) is 0.